The van der Waals surface area contributed by atoms with Crippen molar-refractivity contribution in [2.24, 2.45) is 0 Å². The summed E-state index contributed by atoms with van der Waals surface area (Å²) in [5, 5.41) is 0. The minimum Gasteiger partial charge on any atom is -0.298 e. The molecule has 1 aromatic carbocycles. The molecular weight excluding hydrogens is 193 g/mol. The first-order valence-electron chi connectivity index (χ1n) is 4.46. The summed E-state index contributed by atoms with van der Waals surface area (Å²) in [6, 6.07) is 8.34. The zero-order valence-corrected chi connectivity index (χ0v) is 7.85. The number of nitrogens with zero attached hydrogens (tertiary/aromatic N) is 1. The molecule has 0 atom stereocenters. The predicted molar refractivity (Wildman–Crippen MR) is 55.0 cm³/mol. The van der Waals surface area contributed by atoms with E-state index in [1.165, 1.54) is 6.07 Å². The zero-order valence-electron chi connectivity index (χ0n) is 7.85. The minimum atomic E-state index is -0.385. The molecule has 0 amide bonds. The summed E-state index contributed by atoms with van der Waals surface area (Å²) in [6.07, 6.45) is 3.47. The van der Waals surface area contributed by atoms with Crippen molar-refractivity contribution < 1.29 is 9.18 Å². The lowest BCUT2D eigenvalue weighted by Crippen LogP contribution is -1.85. The number of hydrogen-bond acceptors (Lipinski definition) is 2. The monoisotopic (exact) mass is 201 g/mol. The van der Waals surface area contributed by atoms with Gasteiger partial charge in [-0.05, 0) is 17.7 Å². The molecule has 2 rings (SSSR count). The van der Waals surface area contributed by atoms with Gasteiger partial charge in [0.15, 0.2) is 0 Å². The Kier molecular flexibility index (Phi) is 2.54. The van der Waals surface area contributed by atoms with Gasteiger partial charge < -0.3 is 0 Å². The Labute approximate surface area is 86.4 Å². The molecule has 0 spiro atoms. The summed E-state index contributed by atoms with van der Waals surface area (Å²) in [5.41, 5.74) is 2.02. The largest absolute Gasteiger partial charge is 0.298 e. The van der Waals surface area contributed by atoms with Gasteiger partial charge in [-0.2, -0.15) is 0 Å². The van der Waals surface area contributed by atoms with Crippen molar-refractivity contribution in [2.75, 3.05) is 0 Å². The molecule has 0 saturated heterocycles. The zero-order chi connectivity index (χ0) is 10.7. The molecule has 0 radical (unpaired) electrons. The minimum absolute atomic E-state index is 0.385. The molecule has 0 aliphatic rings. The number of carbonyl (C=O) groups is 1. The van der Waals surface area contributed by atoms with E-state index in [-0.39, 0.29) is 5.82 Å². The maximum absolute atomic E-state index is 12.9. The summed E-state index contributed by atoms with van der Waals surface area (Å²) < 4.78 is 12.9. The SMILES string of the molecule is O=Cc1cccc(-c2cncc(F)c2)c1. The van der Waals surface area contributed by atoms with E-state index in [9.17, 15) is 9.18 Å². The second kappa shape index (κ2) is 4.00. The van der Waals surface area contributed by atoms with E-state index >= 15 is 0 Å². The van der Waals surface area contributed by atoms with Crippen LogP contribution >= 0.6 is 0 Å². The lowest BCUT2D eigenvalue weighted by molar-refractivity contribution is 0.112. The number of carbonyl (C=O) groups excluding carboxylic acids is 1. The van der Waals surface area contributed by atoms with Gasteiger partial charge in [-0.25, -0.2) is 4.39 Å². The number of hydrogen-bond donors (Lipinski definition) is 0. The molecule has 0 fully saturated rings. The summed E-state index contributed by atoms with van der Waals surface area (Å²) in [6.45, 7) is 0. The van der Waals surface area contributed by atoms with Crippen LogP contribution in [0.5, 0.6) is 0 Å². The molecule has 0 unspecified atom stereocenters. The predicted octanol–water partition coefficient (Wildman–Crippen LogP) is 2.70. The highest BCUT2D eigenvalue weighted by atomic mass is 19.1. The van der Waals surface area contributed by atoms with E-state index in [1.54, 1.807) is 24.4 Å². The van der Waals surface area contributed by atoms with Gasteiger partial charge in [0.25, 0.3) is 0 Å². The van der Waals surface area contributed by atoms with E-state index in [0.29, 0.717) is 11.1 Å². The molecule has 1 heterocycles. The van der Waals surface area contributed by atoms with Crippen molar-refractivity contribution in [2.45, 2.75) is 0 Å². The number of aromatic nitrogens is 1. The average Bonchev–Trinajstić information content (AvgIpc) is 2.29. The van der Waals surface area contributed by atoms with Crippen molar-refractivity contribution in [1.82, 2.24) is 4.98 Å². The van der Waals surface area contributed by atoms with Crippen LogP contribution in [0.15, 0.2) is 42.7 Å². The Balaban J connectivity index is 2.49. The summed E-state index contributed by atoms with van der Waals surface area (Å²) >= 11 is 0. The van der Waals surface area contributed by atoms with Crippen LogP contribution in [0.3, 0.4) is 0 Å². The summed E-state index contributed by atoms with van der Waals surface area (Å²) in [7, 11) is 0. The fourth-order valence-electron chi connectivity index (χ4n) is 1.36. The fourth-order valence-corrected chi connectivity index (χ4v) is 1.36. The lowest BCUT2D eigenvalue weighted by atomic mass is 10.1. The quantitative estimate of drug-likeness (QED) is 0.699. The van der Waals surface area contributed by atoms with Crippen LogP contribution in [0.4, 0.5) is 4.39 Å². The van der Waals surface area contributed by atoms with Gasteiger partial charge in [0.2, 0.25) is 0 Å². The molecule has 0 aliphatic heterocycles. The first-order chi connectivity index (χ1) is 7.29. The molecule has 0 aliphatic carbocycles. The van der Waals surface area contributed by atoms with Gasteiger partial charge in [-0.1, -0.05) is 18.2 Å². The highest BCUT2D eigenvalue weighted by Gasteiger charge is 2.00. The molecule has 2 aromatic rings. The average molecular weight is 201 g/mol. The van der Waals surface area contributed by atoms with E-state index in [2.05, 4.69) is 4.98 Å². The van der Waals surface area contributed by atoms with Crippen LogP contribution in [0.2, 0.25) is 0 Å². The van der Waals surface area contributed by atoms with Crippen LogP contribution in [0, 0.1) is 5.82 Å². The molecule has 0 saturated carbocycles. The van der Waals surface area contributed by atoms with Crippen molar-refractivity contribution in [1.29, 1.82) is 0 Å². The Hall–Kier alpha value is -2.03. The van der Waals surface area contributed by atoms with Gasteiger partial charge in [-0.3, -0.25) is 9.78 Å². The molecule has 1 aromatic heterocycles. The number of rotatable bonds is 2. The van der Waals surface area contributed by atoms with Crippen molar-refractivity contribution in [3.63, 3.8) is 0 Å². The highest BCUT2D eigenvalue weighted by molar-refractivity contribution is 5.78. The fraction of sp³-hybridized carbons (Fsp3) is 0. The topological polar surface area (TPSA) is 30.0 Å². The van der Waals surface area contributed by atoms with Crippen LogP contribution in [0.25, 0.3) is 11.1 Å². The van der Waals surface area contributed by atoms with Crippen LogP contribution in [0.1, 0.15) is 10.4 Å². The van der Waals surface area contributed by atoms with E-state index in [0.717, 1.165) is 18.0 Å². The molecule has 0 bridgehead atoms. The van der Waals surface area contributed by atoms with Gasteiger partial charge in [0.05, 0.1) is 6.20 Å². The third-order valence-electron chi connectivity index (χ3n) is 2.06. The van der Waals surface area contributed by atoms with Gasteiger partial charge in [0, 0.05) is 17.3 Å². The summed E-state index contributed by atoms with van der Waals surface area (Å²) in [4.78, 5) is 14.3. The van der Waals surface area contributed by atoms with Gasteiger partial charge >= 0.3 is 0 Å². The molecule has 2 nitrogen and oxygen atoms in total. The number of aldehydes is 1. The Bertz CT molecular complexity index is 496. The first kappa shape index (κ1) is 9.52. The second-order valence-electron chi connectivity index (χ2n) is 3.14. The van der Waals surface area contributed by atoms with Gasteiger partial charge in [-0.15, -0.1) is 0 Å². The van der Waals surface area contributed by atoms with Crippen molar-refractivity contribution >= 4 is 6.29 Å². The number of benzene rings is 1. The Morgan fingerprint density at radius 1 is 1.13 bits per heavy atom. The maximum Gasteiger partial charge on any atom is 0.150 e. The van der Waals surface area contributed by atoms with Crippen LogP contribution in [-0.2, 0) is 0 Å². The number of pyridine rings is 1. The molecule has 3 heteroatoms. The van der Waals surface area contributed by atoms with E-state index < -0.39 is 0 Å². The van der Waals surface area contributed by atoms with Crippen LogP contribution in [-0.4, -0.2) is 11.3 Å². The molecule has 15 heavy (non-hydrogen) atoms. The van der Waals surface area contributed by atoms with Crippen molar-refractivity contribution in [3.8, 4) is 11.1 Å². The molecular formula is C12H8FNO. The van der Waals surface area contributed by atoms with Crippen molar-refractivity contribution in [3.05, 3.63) is 54.1 Å². The smallest absolute Gasteiger partial charge is 0.150 e. The standard InChI is InChI=1S/C12H8FNO/c13-12-5-11(6-14-7-12)10-3-1-2-9(4-10)8-15/h1-8H. The molecule has 0 N–H and O–H groups in total. The van der Waals surface area contributed by atoms with Gasteiger partial charge in [0.1, 0.15) is 12.1 Å². The lowest BCUT2D eigenvalue weighted by Gasteiger charge is -2.01. The summed E-state index contributed by atoms with van der Waals surface area (Å²) in [5.74, 6) is -0.385. The first-order valence-corrected chi connectivity index (χ1v) is 4.46. The Morgan fingerprint density at radius 3 is 2.73 bits per heavy atom. The normalized spacial score (nSPS) is 9.93. The third kappa shape index (κ3) is 2.07. The molecule has 74 valence electrons. The highest BCUT2D eigenvalue weighted by Crippen LogP contribution is 2.19. The Morgan fingerprint density at radius 2 is 2.00 bits per heavy atom. The van der Waals surface area contributed by atoms with E-state index in [1.807, 2.05) is 6.07 Å². The van der Waals surface area contributed by atoms with Crippen LogP contribution < -0.4 is 0 Å². The van der Waals surface area contributed by atoms with E-state index in [4.69, 9.17) is 0 Å². The second-order valence-corrected chi connectivity index (χ2v) is 3.14. The number of halogens is 1. The maximum atomic E-state index is 12.9. The third-order valence-corrected chi connectivity index (χ3v) is 2.06.